The molecular formula is C26H25F3N4O3. The van der Waals surface area contributed by atoms with Gasteiger partial charge in [-0.3, -0.25) is 4.79 Å². The number of carboxylic acid groups (broad SMARTS) is 1. The summed E-state index contributed by atoms with van der Waals surface area (Å²) in [5.41, 5.74) is -0.931. The SMILES string of the molecule is CCn1cc(C(=O)O)c(=O)c2cc(F)c(N3CCNC(C)C3)c(F)c21.Fc1ccc2ccccc2n1. The van der Waals surface area contributed by atoms with Gasteiger partial charge in [-0.1, -0.05) is 18.2 Å². The predicted octanol–water partition coefficient (Wildman–Crippen LogP) is 4.17. The topological polar surface area (TPSA) is 87.5 Å². The van der Waals surface area contributed by atoms with Crippen LogP contribution >= 0.6 is 0 Å². The second-order valence-corrected chi connectivity index (χ2v) is 8.51. The summed E-state index contributed by atoms with van der Waals surface area (Å²) in [4.78, 5) is 28.9. The fourth-order valence-electron chi connectivity index (χ4n) is 4.34. The van der Waals surface area contributed by atoms with Crippen molar-refractivity contribution in [1.29, 1.82) is 0 Å². The number of piperazine rings is 1. The number of benzene rings is 2. The molecule has 3 heterocycles. The van der Waals surface area contributed by atoms with E-state index in [2.05, 4.69) is 10.3 Å². The Morgan fingerprint density at radius 1 is 1.19 bits per heavy atom. The quantitative estimate of drug-likeness (QED) is 0.413. The number of aromatic carboxylic acids is 1. The second kappa shape index (κ2) is 10.4. The van der Waals surface area contributed by atoms with Crippen LogP contribution in [0.4, 0.5) is 18.9 Å². The summed E-state index contributed by atoms with van der Waals surface area (Å²) in [6.07, 6.45) is 1.11. The Morgan fingerprint density at radius 2 is 1.94 bits per heavy atom. The van der Waals surface area contributed by atoms with Crippen LogP contribution in [0.2, 0.25) is 0 Å². The molecule has 0 spiro atoms. The number of anilines is 1. The van der Waals surface area contributed by atoms with Gasteiger partial charge in [0.2, 0.25) is 11.4 Å². The molecule has 10 heteroatoms. The molecule has 1 saturated heterocycles. The molecule has 36 heavy (non-hydrogen) atoms. The Balaban J connectivity index is 0.000000229. The largest absolute Gasteiger partial charge is 0.477 e. The van der Waals surface area contributed by atoms with Crippen molar-refractivity contribution in [3.8, 4) is 0 Å². The lowest BCUT2D eigenvalue weighted by atomic mass is 10.1. The molecule has 0 bridgehead atoms. The summed E-state index contributed by atoms with van der Waals surface area (Å²) in [5, 5.41) is 13.1. The normalized spacial score (nSPS) is 15.6. The Bertz CT molecular complexity index is 1510. The zero-order valence-electron chi connectivity index (χ0n) is 19.8. The van der Waals surface area contributed by atoms with Gasteiger partial charge in [-0.25, -0.2) is 18.6 Å². The van der Waals surface area contributed by atoms with Gasteiger partial charge in [0.15, 0.2) is 5.82 Å². The van der Waals surface area contributed by atoms with Crippen molar-refractivity contribution in [2.24, 2.45) is 0 Å². The van der Waals surface area contributed by atoms with Crippen molar-refractivity contribution >= 4 is 33.5 Å². The molecule has 0 aliphatic carbocycles. The summed E-state index contributed by atoms with van der Waals surface area (Å²) in [7, 11) is 0. The summed E-state index contributed by atoms with van der Waals surface area (Å²) in [6.45, 7) is 5.33. The minimum atomic E-state index is -1.42. The van der Waals surface area contributed by atoms with E-state index in [0.29, 0.717) is 25.2 Å². The molecule has 1 aliphatic heterocycles. The molecule has 0 saturated carbocycles. The molecule has 1 aliphatic rings. The maximum atomic E-state index is 15.2. The van der Waals surface area contributed by atoms with Gasteiger partial charge in [-0.15, -0.1) is 0 Å². The van der Waals surface area contributed by atoms with Gasteiger partial charge >= 0.3 is 5.97 Å². The van der Waals surface area contributed by atoms with E-state index in [1.807, 2.05) is 25.1 Å². The predicted molar refractivity (Wildman–Crippen MR) is 132 cm³/mol. The highest BCUT2D eigenvalue weighted by Crippen LogP contribution is 2.30. The molecule has 7 nitrogen and oxygen atoms in total. The van der Waals surface area contributed by atoms with Crippen LogP contribution in [0.25, 0.3) is 21.8 Å². The Hall–Kier alpha value is -3.92. The number of pyridine rings is 2. The van der Waals surface area contributed by atoms with Crippen molar-refractivity contribution in [3.05, 3.63) is 82.0 Å². The number of hydrogen-bond donors (Lipinski definition) is 2. The maximum absolute atomic E-state index is 15.2. The van der Waals surface area contributed by atoms with E-state index in [-0.39, 0.29) is 29.2 Å². The number of para-hydroxylation sites is 1. The van der Waals surface area contributed by atoms with Crippen molar-refractivity contribution in [2.75, 3.05) is 24.5 Å². The van der Waals surface area contributed by atoms with Crippen LogP contribution in [0.15, 0.2) is 53.5 Å². The van der Waals surface area contributed by atoms with E-state index >= 15 is 4.39 Å². The molecule has 4 aromatic rings. The van der Waals surface area contributed by atoms with E-state index < -0.39 is 34.5 Å². The van der Waals surface area contributed by atoms with Crippen LogP contribution in [0.1, 0.15) is 24.2 Å². The molecule has 2 aromatic carbocycles. The zero-order valence-corrected chi connectivity index (χ0v) is 19.8. The van der Waals surface area contributed by atoms with Gasteiger partial charge < -0.3 is 19.9 Å². The van der Waals surface area contributed by atoms with E-state index in [1.54, 1.807) is 24.0 Å². The van der Waals surface area contributed by atoms with Crippen LogP contribution < -0.4 is 15.6 Å². The number of rotatable bonds is 3. The number of hydrogen-bond acceptors (Lipinski definition) is 5. The molecule has 0 amide bonds. The van der Waals surface area contributed by atoms with Crippen LogP contribution in [-0.2, 0) is 6.54 Å². The third-order valence-electron chi connectivity index (χ3n) is 6.05. The average Bonchev–Trinajstić information content (AvgIpc) is 2.85. The zero-order chi connectivity index (χ0) is 26.0. The highest BCUT2D eigenvalue weighted by Gasteiger charge is 2.26. The van der Waals surface area contributed by atoms with E-state index in [9.17, 15) is 18.4 Å². The van der Waals surface area contributed by atoms with Gasteiger partial charge in [-0.05, 0) is 38.1 Å². The lowest BCUT2D eigenvalue weighted by Gasteiger charge is -2.34. The molecule has 1 fully saturated rings. The lowest BCUT2D eigenvalue weighted by molar-refractivity contribution is 0.0694. The minimum Gasteiger partial charge on any atom is -0.477 e. The van der Waals surface area contributed by atoms with Crippen LogP contribution in [0.3, 0.4) is 0 Å². The number of aromatic nitrogens is 2. The first-order valence-corrected chi connectivity index (χ1v) is 11.5. The standard InChI is InChI=1S/C17H19F2N3O3.C9H6FN/c1-3-21-8-11(17(24)25)16(23)10-6-12(18)15(13(19)14(10)21)22-5-4-20-9(2)7-22;10-9-6-5-7-3-1-2-4-8(7)11-9/h6,8-9,20H,3-5,7H2,1-2H3,(H,24,25);1-6H. The fourth-order valence-corrected chi connectivity index (χ4v) is 4.34. The number of fused-ring (bicyclic) bond motifs is 2. The van der Waals surface area contributed by atoms with Crippen LogP contribution in [0.5, 0.6) is 0 Å². The van der Waals surface area contributed by atoms with Crippen LogP contribution in [0, 0.1) is 17.6 Å². The van der Waals surface area contributed by atoms with Crippen molar-refractivity contribution < 1.29 is 23.1 Å². The van der Waals surface area contributed by atoms with E-state index in [4.69, 9.17) is 5.11 Å². The highest BCUT2D eigenvalue weighted by molar-refractivity contribution is 5.93. The molecular weight excluding hydrogens is 473 g/mol. The fraction of sp³-hybridized carbons (Fsp3) is 0.269. The van der Waals surface area contributed by atoms with Gasteiger partial charge in [0.25, 0.3) is 0 Å². The smallest absolute Gasteiger partial charge is 0.341 e. The molecule has 0 radical (unpaired) electrons. The monoisotopic (exact) mass is 498 g/mol. The highest BCUT2D eigenvalue weighted by atomic mass is 19.1. The number of nitrogens with zero attached hydrogens (tertiary/aromatic N) is 3. The first-order valence-electron chi connectivity index (χ1n) is 11.5. The third-order valence-corrected chi connectivity index (χ3v) is 6.05. The van der Waals surface area contributed by atoms with Crippen molar-refractivity contribution in [3.63, 3.8) is 0 Å². The van der Waals surface area contributed by atoms with Gasteiger partial charge in [-0.2, -0.15) is 4.39 Å². The molecule has 1 unspecified atom stereocenters. The summed E-state index contributed by atoms with van der Waals surface area (Å²) < 4.78 is 43.7. The first kappa shape index (κ1) is 25.2. The lowest BCUT2D eigenvalue weighted by Crippen LogP contribution is -2.49. The Labute approximate surface area is 204 Å². The average molecular weight is 499 g/mol. The Morgan fingerprint density at radius 3 is 2.64 bits per heavy atom. The molecule has 1 atom stereocenters. The third kappa shape index (κ3) is 4.90. The van der Waals surface area contributed by atoms with Gasteiger partial charge in [0, 0.05) is 43.8 Å². The maximum Gasteiger partial charge on any atom is 0.341 e. The summed E-state index contributed by atoms with van der Waals surface area (Å²) >= 11 is 0. The molecule has 2 N–H and O–H groups in total. The summed E-state index contributed by atoms with van der Waals surface area (Å²) in [6, 6.07) is 11.5. The Kier molecular flexibility index (Phi) is 7.25. The molecule has 2 aromatic heterocycles. The van der Waals surface area contributed by atoms with Crippen molar-refractivity contribution in [1.82, 2.24) is 14.9 Å². The number of halogens is 3. The second-order valence-electron chi connectivity index (χ2n) is 8.51. The van der Waals surface area contributed by atoms with Crippen molar-refractivity contribution in [2.45, 2.75) is 26.4 Å². The van der Waals surface area contributed by atoms with Crippen LogP contribution in [-0.4, -0.2) is 46.3 Å². The number of carboxylic acids is 1. The minimum absolute atomic E-state index is 0.0694. The summed E-state index contributed by atoms with van der Waals surface area (Å²) in [5.74, 6) is -3.54. The number of aryl methyl sites for hydroxylation is 1. The van der Waals surface area contributed by atoms with E-state index in [0.717, 1.165) is 17.6 Å². The van der Waals surface area contributed by atoms with E-state index in [1.165, 1.54) is 10.6 Å². The number of carbonyl (C=O) groups is 1. The number of nitrogens with one attached hydrogen (secondary N) is 1. The first-order chi connectivity index (χ1) is 17.2. The van der Waals surface area contributed by atoms with Gasteiger partial charge in [0.1, 0.15) is 17.1 Å². The molecule has 5 rings (SSSR count). The molecule has 188 valence electrons. The van der Waals surface area contributed by atoms with Gasteiger partial charge in [0.05, 0.1) is 16.4 Å².